The number of carbonyl (C=O) groups excluding carboxylic acids is 1. The first-order valence-corrected chi connectivity index (χ1v) is 12.6. The van der Waals surface area contributed by atoms with Crippen LogP contribution in [0.15, 0.2) is 52.8 Å². The number of piperazine rings is 1. The summed E-state index contributed by atoms with van der Waals surface area (Å²) in [6.07, 6.45) is 3.41. The Morgan fingerprint density at radius 3 is 2.85 bits per heavy atom. The van der Waals surface area contributed by atoms with E-state index in [-0.39, 0.29) is 18.5 Å². The highest BCUT2D eigenvalue weighted by Gasteiger charge is 2.31. The van der Waals surface area contributed by atoms with Crippen molar-refractivity contribution in [2.45, 2.75) is 19.5 Å². The maximum atomic E-state index is 13.2. The molecule has 172 valence electrons. The molecule has 1 saturated heterocycles. The second kappa shape index (κ2) is 8.48. The van der Waals surface area contributed by atoms with Crippen molar-refractivity contribution in [3.63, 3.8) is 0 Å². The second-order valence-corrected chi connectivity index (χ2v) is 10.6. The SMILES string of the molecule is CC1CN(c2sc(Br)nc2-c2nc3ccccc3[nH]2)CCN1C(=O)Cn1cnc2cccnc21. The number of nitrogens with zero attached hydrogens (tertiary/aromatic N) is 7. The molecule has 1 aliphatic rings. The van der Waals surface area contributed by atoms with Gasteiger partial charge in [0.1, 0.15) is 22.8 Å². The highest BCUT2D eigenvalue weighted by atomic mass is 79.9. The molecule has 5 aromatic rings. The minimum absolute atomic E-state index is 0.0494. The zero-order chi connectivity index (χ0) is 23.2. The maximum Gasteiger partial charge on any atom is 0.242 e. The number of aromatic nitrogens is 6. The molecule has 1 aliphatic heterocycles. The third kappa shape index (κ3) is 3.74. The van der Waals surface area contributed by atoms with Crippen LogP contribution in [-0.4, -0.2) is 66.0 Å². The Morgan fingerprint density at radius 1 is 1.15 bits per heavy atom. The molecule has 1 N–H and O–H groups in total. The van der Waals surface area contributed by atoms with Gasteiger partial charge < -0.3 is 19.4 Å². The van der Waals surface area contributed by atoms with Crippen LogP contribution >= 0.6 is 27.3 Å². The Morgan fingerprint density at radius 2 is 2.00 bits per heavy atom. The van der Waals surface area contributed by atoms with Crippen molar-refractivity contribution in [1.82, 2.24) is 34.4 Å². The summed E-state index contributed by atoms with van der Waals surface area (Å²) < 4.78 is 2.63. The third-order valence-corrected chi connectivity index (χ3v) is 7.68. The number of hydrogen-bond donors (Lipinski definition) is 1. The van der Waals surface area contributed by atoms with Gasteiger partial charge in [-0.2, -0.15) is 0 Å². The van der Waals surface area contributed by atoms with E-state index in [2.05, 4.69) is 42.7 Å². The number of hydrogen-bond acceptors (Lipinski definition) is 7. The van der Waals surface area contributed by atoms with E-state index >= 15 is 0 Å². The predicted molar refractivity (Wildman–Crippen MR) is 136 cm³/mol. The number of anilines is 1. The Balaban J connectivity index is 1.21. The molecular formula is C23H21BrN8OS. The van der Waals surface area contributed by atoms with Crippen molar-refractivity contribution in [2.24, 2.45) is 0 Å². The number of amides is 1. The van der Waals surface area contributed by atoms with Crippen molar-refractivity contribution in [3.05, 3.63) is 52.8 Å². The van der Waals surface area contributed by atoms with Crippen LogP contribution in [0, 0.1) is 0 Å². The van der Waals surface area contributed by atoms with Crippen LogP contribution in [0.1, 0.15) is 6.92 Å². The van der Waals surface area contributed by atoms with E-state index in [1.54, 1.807) is 23.9 Å². The number of H-pyrrole nitrogens is 1. The van der Waals surface area contributed by atoms with Crippen molar-refractivity contribution in [3.8, 4) is 11.5 Å². The lowest BCUT2D eigenvalue weighted by Crippen LogP contribution is -2.54. The number of thiazole rings is 1. The number of rotatable bonds is 4. The molecular weight excluding hydrogens is 516 g/mol. The fraction of sp³-hybridized carbons (Fsp3) is 0.261. The number of halogens is 1. The van der Waals surface area contributed by atoms with Crippen LogP contribution in [0.2, 0.25) is 0 Å². The van der Waals surface area contributed by atoms with Crippen LogP contribution < -0.4 is 4.90 Å². The molecule has 0 saturated carbocycles. The summed E-state index contributed by atoms with van der Waals surface area (Å²) in [6.45, 7) is 4.39. The molecule has 1 unspecified atom stereocenters. The molecule has 0 aliphatic carbocycles. The highest BCUT2D eigenvalue weighted by molar-refractivity contribution is 9.11. The molecule has 0 spiro atoms. The van der Waals surface area contributed by atoms with Crippen LogP contribution in [0.25, 0.3) is 33.7 Å². The Bertz CT molecular complexity index is 1470. The summed E-state index contributed by atoms with van der Waals surface area (Å²) >= 11 is 5.14. The zero-order valence-corrected chi connectivity index (χ0v) is 20.8. The molecule has 1 amide bonds. The lowest BCUT2D eigenvalue weighted by molar-refractivity contribution is -0.134. The molecule has 11 heteroatoms. The molecule has 0 radical (unpaired) electrons. The first-order valence-electron chi connectivity index (χ1n) is 11.0. The maximum absolute atomic E-state index is 13.2. The van der Waals surface area contributed by atoms with Crippen molar-refractivity contribution >= 4 is 60.4 Å². The smallest absolute Gasteiger partial charge is 0.242 e. The minimum Gasteiger partial charge on any atom is -0.358 e. The molecule has 1 atom stereocenters. The number of carbonyl (C=O) groups is 1. The van der Waals surface area contributed by atoms with Crippen molar-refractivity contribution < 1.29 is 4.79 Å². The molecule has 0 bridgehead atoms. The first-order chi connectivity index (χ1) is 16.6. The monoisotopic (exact) mass is 536 g/mol. The van der Waals surface area contributed by atoms with Gasteiger partial charge in [0.25, 0.3) is 0 Å². The van der Waals surface area contributed by atoms with Gasteiger partial charge in [0.05, 0.1) is 17.4 Å². The van der Waals surface area contributed by atoms with Gasteiger partial charge in [-0.15, -0.1) is 0 Å². The molecule has 6 rings (SSSR count). The molecule has 5 heterocycles. The summed E-state index contributed by atoms with van der Waals surface area (Å²) in [6, 6.07) is 11.8. The lowest BCUT2D eigenvalue weighted by atomic mass is 10.2. The molecule has 1 fully saturated rings. The average molecular weight is 537 g/mol. The van der Waals surface area contributed by atoms with Crippen LogP contribution in [-0.2, 0) is 11.3 Å². The van der Waals surface area contributed by atoms with E-state index in [1.807, 2.05) is 45.9 Å². The molecule has 34 heavy (non-hydrogen) atoms. The highest BCUT2D eigenvalue weighted by Crippen LogP contribution is 2.38. The van der Waals surface area contributed by atoms with Crippen molar-refractivity contribution in [2.75, 3.05) is 24.5 Å². The third-order valence-electron chi connectivity index (χ3n) is 6.11. The Kier molecular flexibility index (Phi) is 5.30. The van der Waals surface area contributed by atoms with E-state index in [0.29, 0.717) is 6.54 Å². The minimum atomic E-state index is 0.0494. The summed E-state index contributed by atoms with van der Waals surface area (Å²) in [5, 5.41) is 1.05. The fourth-order valence-electron chi connectivity index (χ4n) is 4.48. The second-order valence-electron chi connectivity index (χ2n) is 8.32. The number of para-hydroxylation sites is 2. The van der Waals surface area contributed by atoms with Gasteiger partial charge >= 0.3 is 0 Å². The topological polar surface area (TPSA) is 95.8 Å². The van der Waals surface area contributed by atoms with Crippen LogP contribution in [0.3, 0.4) is 0 Å². The normalized spacial score (nSPS) is 16.6. The van der Waals surface area contributed by atoms with Gasteiger partial charge in [-0.3, -0.25) is 4.79 Å². The number of benzene rings is 1. The molecule has 1 aromatic carbocycles. The van der Waals surface area contributed by atoms with Gasteiger partial charge in [0.15, 0.2) is 15.4 Å². The predicted octanol–water partition coefficient (Wildman–Crippen LogP) is 3.93. The quantitative estimate of drug-likeness (QED) is 0.373. The number of aromatic amines is 1. The van der Waals surface area contributed by atoms with Crippen molar-refractivity contribution in [1.29, 1.82) is 0 Å². The van der Waals surface area contributed by atoms with Crippen LogP contribution in [0.5, 0.6) is 0 Å². The van der Waals surface area contributed by atoms with Gasteiger partial charge in [0.2, 0.25) is 5.91 Å². The number of nitrogens with one attached hydrogen (secondary N) is 1. The number of fused-ring (bicyclic) bond motifs is 2. The largest absolute Gasteiger partial charge is 0.358 e. The average Bonchev–Trinajstić information content (AvgIpc) is 3.55. The van der Waals surface area contributed by atoms with Gasteiger partial charge in [-0.1, -0.05) is 23.5 Å². The van der Waals surface area contributed by atoms with Gasteiger partial charge in [-0.05, 0) is 47.1 Å². The van der Waals surface area contributed by atoms with E-state index < -0.39 is 0 Å². The summed E-state index contributed by atoms with van der Waals surface area (Å²) in [7, 11) is 0. The van der Waals surface area contributed by atoms with Gasteiger partial charge in [0, 0.05) is 31.9 Å². The number of pyridine rings is 1. The van der Waals surface area contributed by atoms with E-state index in [0.717, 1.165) is 55.7 Å². The summed E-state index contributed by atoms with van der Waals surface area (Å²) in [5.41, 5.74) is 4.25. The molecule has 4 aromatic heterocycles. The zero-order valence-electron chi connectivity index (χ0n) is 18.3. The van der Waals surface area contributed by atoms with Crippen LogP contribution in [0.4, 0.5) is 5.00 Å². The van der Waals surface area contributed by atoms with E-state index in [9.17, 15) is 4.79 Å². The molecule has 9 nitrogen and oxygen atoms in total. The first kappa shape index (κ1) is 21.2. The number of imidazole rings is 2. The Hall–Kier alpha value is -3.31. The Labute approximate surface area is 207 Å². The van der Waals surface area contributed by atoms with Gasteiger partial charge in [-0.25, -0.2) is 19.9 Å². The lowest BCUT2D eigenvalue weighted by Gasteiger charge is -2.40. The van der Waals surface area contributed by atoms with E-state index in [1.165, 1.54) is 0 Å². The fourth-order valence-corrected chi connectivity index (χ4v) is 5.95. The van der Waals surface area contributed by atoms with E-state index in [4.69, 9.17) is 9.97 Å². The summed E-state index contributed by atoms with van der Waals surface area (Å²) in [4.78, 5) is 39.0. The summed E-state index contributed by atoms with van der Waals surface area (Å²) in [5.74, 6) is 0.823. The standard InChI is InChI=1S/C23H21BrN8OS/c1-14-11-30(9-10-32(14)18(33)12-31-13-26-17-7-4-8-25-21(17)31)22-19(29-23(24)34-22)20-27-15-5-2-3-6-16(15)28-20/h2-8,13-14H,9-12H2,1H3,(H,27,28).